The number of fused-ring (bicyclic) bond motifs is 5. The summed E-state index contributed by atoms with van der Waals surface area (Å²) in [6.07, 6.45) is -1.57. The number of benzene rings is 2. The molecule has 2 bridgehead atoms. The number of Topliss-reactive ketones (excluding diaryl/α,β-unsaturated/α-hetero) is 1. The Labute approximate surface area is 352 Å². The highest BCUT2D eigenvalue weighted by Crippen LogP contribution is 2.63. The first-order chi connectivity index (χ1) is 28.8. The van der Waals surface area contributed by atoms with Gasteiger partial charge in [-0.25, -0.2) is 9.59 Å². The largest absolute Gasteiger partial charge is 0.456 e. The molecular formula is C46H51NO14. The summed E-state index contributed by atoms with van der Waals surface area (Å²) in [5.41, 5.74) is -7.49. The zero-order valence-corrected chi connectivity index (χ0v) is 34.5. The van der Waals surface area contributed by atoms with Crippen LogP contribution in [0.1, 0.15) is 74.6 Å². The molecule has 2 saturated carbocycles. The molecule has 1 heterocycles. The van der Waals surface area contributed by atoms with Crippen LogP contribution >= 0.6 is 0 Å². The first-order valence-electron chi connectivity index (χ1n) is 20.3. The highest BCUT2D eigenvalue weighted by Gasteiger charge is 2.78. The molecule has 3 fully saturated rings. The van der Waals surface area contributed by atoms with Gasteiger partial charge in [0.15, 0.2) is 23.6 Å². The van der Waals surface area contributed by atoms with Crippen molar-refractivity contribution in [3.8, 4) is 0 Å². The van der Waals surface area contributed by atoms with Crippen molar-refractivity contribution in [1.82, 2.24) is 5.32 Å². The van der Waals surface area contributed by atoms with Crippen molar-refractivity contribution in [2.24, 2.45) is 22.7 Å². The summed E-state index contributed by atoms with van der Waals surface area (Å²) in [6.45, 7) is 6.42. The van der Waals surface area contributed by atoms with Crippen LogP contribution in [0.2, 0.25) is 0 Å². The number of hydrogen-bond donors (Lipinski definition) is 4. The lowest BCUT2D eigenvalue weighted by atomic mass is 9.45. The zero-order valence-electron chi connectivity index (χ0n) is 34.5. The van der Waals surface area contributed by atoms with Crippen molar-refractivity contribution < 1.29 is 67.8 Å². The number of nitrogens with one attached hydrogen (secondary N) is 1. The van der Waals surface area contributed by atoms with Crippen molar-refractivity contribution in [2.45, 2.75) is 108 Å². The third-order valence-electron chi connectivity index (χ3n) is 13.4. The van der Waals surface area contributed by atoms with Crippen LogP contribution in [0.25, 0.3) is 0 Å². The lowest BCUT2D eigenvalue weighted by Crippen LogP contribution is -2.81. The molecule has 0 aromatic heterocycles. The van der Waals surface area contributed by atoms with Gasteiger partial charge in [0.2, 0.25) is 0 Å². The quantitative estimate of drug-likeness (QED) is 0.154. The maximum Gasteiger partial charge on any atom is 0.338 e. The molecule has 1 saturated heterocycles. The number of hydrogen-bond acceptors (Lipinski definition) is 14. The molecule has 2 aromatic rings. The van der Waals surface area contributed by atoms with Crippen molar-refractivity contribution in [3.63, 3.8) is 0 Å². The Kier molecular flexibility index (Phi) is 11.7. The standard InChI is InChI=1S/C46H51NO14/c1-25(48)58-36-31-21-30(59-42(55)35(51)34(27-15-9-6-10-16-27)47-40(53)28-17-11-7-12-18-28)23-46(56,43(31,3)4)39(60-41(54)29-19-13-8-14-20-29)37-44(5,38(36)52)32(50)22-33-45(37,24-57-33)61-26(2)49/h6-15,17-21,27,30,32-37,39,50-51,56H,16,22-24H2,1-5H3,(H,47,53)/t27?,30?,32-,33+,34-,35+,36+,37-,39-,44+,45-,46+/m0/s1. The smallest absolute Gasteiger partial charge is 0.338 e. The topological polar surface area (TPSA) is 221 Å². The summed E-state index contributed by atoms with van der Waals surface area (Å²) in [5.74, 6) is -7.29. The van der Waals surface area contributed by atoms with Crippen LogP contribution in [-0.2, 0) is 42.9 Å². The number of allylic oxidation sites excluding steroid dienone is 3. The predicted octanol–water partition coefficient (Wildman–Crippen LogP) is 3.11. The van der Waals surface area contributed by atoms with E-state index in [0.29, 0.717) is 6.42 Å². The van der Waals surface area contributed by atoms with Crippen molar-refractivity contribution in [3.05, 3.63) is 108 Å². The monoisotopic (exact) mass is 841 g/mol. The van der Waals surface area contributed by atoms with E-state index in [1.54, 1.807) is 80.6 Å². The number of rotatable bonds is 10. The molecule has 5 aliphatic rings. The summed E-state index contributed by atoms with van der Waals surface area (Å²) in [6, 6.07) is 14.9. The minimum atomic E-state index is -2.37. The van der Waals surface area contributed by atoms with E-state index in [0.717, 1.165) is 13.8 Å². The van der Waals surface area contributed by atoms with Crippen LogP contribution < -0.4 is 5.32 Å². The number of aliphatic hydroxyl groups is 3. The second-order valence-electron chi connectivity index (χ2n) is 17.3. The molecule has 4 aliphatic carbocycles. The van der Waals surface area contributed by atoms with Crippen molar-refractivity contribution >= 4 is 35.6 Å². The van der Waals surface area contributed by atoms with Gasteiger partial charge in [-0.15, -0.1) is 0 Å². The average molecular weight is 842 g/mol. The van der Waals surface area contributed by atoms with E-state index in [2.05, 4.69) is 5.32 Å². The molecule has 12 atom stereocenters. The molecule has 324 valence electrons. The Morgan fingerprint density at radius 3 is 2.11 bits per heavy atom. The van der Waals surface area contributed by atoms with E-state index >= 15 is 4.79 Å². The van der Waals surface area contributed by atoms with Crippen LogP contribution in [-0.4, -0.2) is 111 Å². The molecule has 61 heavy (non-hydrogen) atoms. The molecule has 4 N–H and O–H groups in total. The van der Waals surface area contributed by atoms with Gasteiger partial charge in [0.25, 0.3) is 5.91 Å². The van der Waals surface area contributed by atoms with Crippen LogP contribution in [0.4, 0.5) is 0 Å². The van der Waals surface area contributed by atoms with Gasteiger partial charge in [0.05, 0.1) is 35.6 Å². The van der Waals surface area contributed by atoms with Crippen LogP contribution in [0, 0.1) is 22.7 Å². The minimum absolute atomic E-state index is 0.0378. The number of aliphatic hydroxyl groups excluding tert-OH is 2. The van der Waals surface area contributed by atoms with Gasteiger partial charge in [-0.05, 0) is 49.3 Å². The number of ether oxygens (including phenoxy) is 5. The van der Waals surface area contributed by atoms with Gasteiger partial charge >= 0.3 is 23.9 Å². The minimum Gasteiger partial charge on any atom is -0.456 e. The second-order valence-corrected chi connectivity index (χ2v) is 17.3. The molecule has 7 rings (SSSR count). The van der Waals surface area contributed by atoms with Crippen LogP contribution in [0.3, 0.4) is 0 Å². The molecule has 2 unspecified atom stereocenters. The molecule has 0 spiro atoms. The highest BCUT2D eigenvalue weighted by molar-refractivity contribution is 5.96. The number of carbonyl (C=O) groups is 6. The Morgan fingerprint density at radius 1 is 0.885 bits per heavy atom. The number of amides is 1. The maximum atomic E-state index is 15.3. The molecule has 1 amide bonds. The first-order valence-corrected chi connectivity index (χ1v) is 20.3. The van der Waals surface area contributed by atoms with E-state index < -0.39 is 119 Å². The molecule has 15 nitrogen and oxygen atoms in total. The maximum absolute atomic E-state index is 15.3. The average Bonchev–Trinajstić information content (AvgIpc) is 3.23. The Hall–Kier alpha value is -5.48. The zero-order chi connectivity index (χ0) is 44.1. The Balaban J connectivity index is 1.35. The molecule has 15 heteroatoms. The van der Waals surface area contributed by atoms with Gasteiger partial charge in [-0.3, -0.25) is 19.2 Å². The van der Waals surface area contributed by atoms with Crippen LogP contribution in [0.5, 0.6) is 0 Å². The number of esters is 4. The summed E-state index contributed by atoms with van der Waals surface area (Å²) < 4.78 is 30.0. The fourth-order valence-corrected chi connectivity index (χ4v) is 10.0. The first kappa shape index (κ1) is 43.6. The lowest BCUT2D eigenvalue weighted by Gasteiger charge is -2.67. The van der Waals surface area contributed by atoms with Crippen LogP contribution in [0.15, 0.2) is 96.6 Å². The third-order valence-corrected chi connectivity index (χ3v) is 13.4. The highest BCUT2D eigenvalue weighted by atomic mass is 16.6. The fourth-order valence-electron chi connectivity index (χ4n) is 10.0. The van der Waals surface area contributed by atoms with Crippen molar-refractivity contribution in [1.29, 1.82) is 0 Å². The summed E-state index contributed by atoms with van der Waals surface area (Å²) in [5, 5.41) is 40.1. The Morgan fingerprint density at radius 2 is 1.54 bits per heavy atom. The second kappa shape index (κ2) is 16.4. The van der Waals surface area contributed by atoms with Crippen molar-refractivity contribution in [2.75, 3.05) is 6.61 Å². The van der Waals surface area contributed by atoms with Gasteiger partial charge < -0.3 is 44.3 Å². The lowest BCUT2D eigenvalue weighted by molar-refractivity contribution is -0.345. The van der Waals surface area contributed by atoms with E-state index in [9.17, 15) is 39.3 Å². The van der Waals surface area contributed by atoms with E-state index in [4.69, 9.17) is 23.7 Å². The van der Waals surface area contributed by atoms with E-state index in [1.165, 1.54) is 25.1 Å². The van der Waals surface area contributed by atoms with E-state index in [1.807, 2.05) is 6.08 Å². The van der Waals surface area contributed by atoms with Gasteiger partial charge in [0, 0.05) is 43.6 Å². The third kappa shape index (κ3) is 7.51. The fraction of sp³-hybridized carbons (Fsp3) is 0.478. The predicted molar refractivity (Wildman–Crippen MR) is 214 cm³/mol. The summed E-state index contributed by atoms with van der Waals surface area (Å²) >= 11 is 0. The van der Waals surface area contributed by atoms with E-state index in [-0.39, 0.29) is 29.7 Å². The summed E-state index contributed by atoms with van der Waals surface area (Å²) in [7, 11) is 0. The molecule has 0 radical (unpaired) electrons. The number of ketones is 1. The van der Waals surface area contributed by atoms with Gasteiger partial charge in [-0.1, -0.05) is 74.5 Å². The van der Waals surface area contributed by atoms with Gasteiger partial charge in [0.1, 0.15) is 23.9 Å². The Bertz CT molecular complexity index is 2170. The number of carbonyl (C=O) groups excluding carboxylic acids is 6. The normalized spacial score (nSPS) is 34.3. The molecule has 2 aromatic carbocycles. The molecular weight excluding hydrogens is 790 g/mol. The SMILES string of the molecule is CC(=O)O[C@H]1C(=O)[C@@]2(C)[C@H]([C@H](OC(=O)c3ccccc3)[C@]3(O)CC(OC(=O)[C@H](O)[C@@H](NC(=O)c4ccccc4)C4C=CC=CC4)C=C1C3(C)C)[C@]1(OC(C)=O)CO[C@@H]1C[C@@H]2O. The molecule has 1 aliphatic heterocycles. The van der Waals surface area contributed by atoms with Gasteiger partial charge in [-0.2, -0.15) is 0 Å². The summed E-state index contributed by atoms with van der Waals surface area (Å²) in [4.78, 5) is 82.9.